The number of aromatic nitrogens is 2. The molecule has 11 rings (SSSR count). The van der Waals surface area contributed by atoms with Gasteiger partial charge in [0.1, 0.15) is 16.9 Å². The molecule has 5 nitrogen and oxygen atoms in total. The van der Waals surface area contributed by atoms with E-state index < -0.39 is 0 Å². The zero-order valence-electron chi connectivity index (χ0n) is 30.0. The van der Waals surface area contributed by atoms with E-state index in [0.29, 0.717) is 11.6 Å². The van der Waals surface area contributed by atoms with Gasteiger partial charge in [0.2, 0.25) is 11.6 Å². The lowest BCUT2D eigenvalue weighted by atomic mass is 9.99. The maximum absolute atomic E-state index is 6.19. The second-order valence-electron chi connectivity index (χ2n) is 13.8. The summed E-state index contributed by atoms with van der Waals surface area (Å²) in [6.45, 7) is 0. The van der Waals surface area contributed by atoms with Gasteiger partial charge in [-0.1, -0.05) is 91.0 Å². The summed E-state index contributed by atoms with van der Waals surface area (Å²) >= 11 is 1.87. The Hall–Kier alpha value is -7.28. The Morgan fingerprint density at radius 1 is 0.482 bits per heavy atom. The predicted molar refractivity (Wildman–Crippen MR) is 231 cm³/mol. The number of hydrogen-bond acceptors (Lipinski definition) is 6. The monoisotopic (exact) mass is 737 g/mol. The van der Waals surface area contributed by atoms with Gasteiger partial charge in [-0.25, -0.2) is 9.97 Å². The minimum atomic E-state index is 0.529. The standard InChI is InChI=1S/C50H31N3O2S/c1-3-12-45-37(7-1)31-46(54-45)35-20-26-39(27-21-35)53(40-28-22-36(23-29-40)49-52-44-11-6-30-51-50(44)55-49)38-24-18-33(19-25-38)32-14-16-34(17-15-32)41-9-5-10-43-42-8-2-4-13-47(42)56-48(41)43/h1-31H. The van der Waals surface area contributed by atoms with Crippen molar-refractivity contribution in [3.05, 3.63) is 188 Å². The Morgan fingerprint density at radius 2 is 1.11 bits per heavy atom. The predicted octanol–water partition coefficient (Wildman–Crippen LogP) is 14.5. The van der Waals surface area contributed by atoms with Crippen LogP contribution in [0.4, 0.5) is 17.1 Å². The summed E-state index contributed by atoms with van der Waals surface area (Å²) in [4.78, 5) is 11.2. The smallest absolute Gasteiger partial charge is 0.247 e. The third-order valence-corrected chi connectivity index (χ3v) is 11.7. The lowest BCUT2D eigenvalue weighted by Gasteiger charge is -2.26. The van der Waals surface area contributed by atoms with Gasteiger partial charge in [-0.15, -0.1) is 11.3 Å². The summed E-state index contributed by atoms with van der Waals surface area (Å²) in [7, 11) is 0. The summed E-state index contributed by atoms with van der Waals surface area (Å²) < 4.78 is 14.8. The molecule has 0 aliphatic rings. The lowest BCUT2D eigenvalue weighted by Crippen LogP contribution is -2.09. The van der Waals surface area contributed by atoms with Crippen LogP contribution in [0.3, 0.4) is 0 Å². The fraction of sp³-hybridized carbons (Fsp3) is 0. The van der Waals surface area contributed by atoms with Crippen LogP contribution in [-0.2, 0) is 0 Å². The number of thiophene rings is 1. The molecular weight excluding hydrogens is 707 g/mol. The first-order valence-electron chi connectivity index (χ1n) is 18.5. The van der Waals surface area contributed by atoms with Crippen molar-refractivity contribution in [1.82, 2.24) is 9.97 Å². The van der Waals surface area contributed by atoms with Gasteiger partial charge in [0.15, 0.2) is 0 Å². The van der Waals surface area contributed by atoms with E-state index in [1.165, 1.54) is 36.9 Å². The van der Waals surface area contributed by atoms with Crippen LogP contribution >= 0.6 is 11.3 Å². The molecule has 6 heteroatoms. The van der Waals surface area contributed by atoms with Gasteiger partial charge < -0.3 is 13.7 Å². The number of fused-ring (bicyclic) bond motifs is 5. The molecule has 0 aliphatic heterocycles. The molecule has 0 saturated heterocycles. The molecule has 0 radical (unpaired) electrons. The van der Waals surface area contributed by atoms with Crippen LogP contribution in [0.25, 0.3) is 87.4 Å². The zero-order chi connectivity index (χ0) is 37.0. The van der Waals surface area contributed by atoms with E-state index in [4.69, 9.17) is 8.83 Å². The minimum Gasteiger partial charge on any atom is -0.456 e. The van der Waals surface area contributed by atoms with Crippen LogP contribution in [0.2, 0.25) is 0 Å². The minimum absolute atomic E-state index is 0.529. The van der Waals surface area contributed by atoms with Gasteiger partial charge in [0, 0.05) is 59.9 Å². The number of anilines is 3. The van der Waals surface area contributed by atoms with Crippen molar-refractivity contribution in [2.45, 2.75) is 0 Å². The molecular formula is C50H31N3O2S. The first-order chi connectivity index (χ1) is 27.7. The van der Waals surface area contributed by atoms with Crippen molar-refractivity contribution in [1.29, 1.82) is 0 Å². The number of pyridine rings is 1. The summed E-state index contributed by atoms with van der Waals surface area (Å²) in [5.41, 5.74) is 11.9. The van der Waals surface area contributed by atoms with Crippen molar-refractivity contribution in [3.8, 4) is 45.0 Å². The van der Waals surface area contributed by atoms with E-state index in [0.717, 1.165) is 56.0 Å². The fourth-order valence-corrected chi connectivity index (χ4v) is 8.85. The van der Waals surface area contributed by atoms with Gasteiger partial charge in [-0.3, -0.25) is 0 Å². The quantitative estimate of drug-likeness (QED) is 0.163. The average molecular weight is 738 g/mol. The number of oxazole rings is 1. The van der Waals surface area contributed by atoms with Crippen molar-refractivity contribution in [3.63, 3.8) is 0 Å². The lowest BCUT2D eigenvalue weighted by molar-refractivity contribution is 0.608. The highest BCUT2D eigenvalue weighted by atomic mass is 32.1. The molecule has 56 heavy (non-hydrogen) atoms. The van der Waals surface area contributed by atoms with Gasteiger partial charge in [0.25, 0.3) is 0 Å². The van der Waals surface area contributed by atoms with Gasteiger partial charge in [0.05, 0.1) is 0 Å². The second kappa shape index (κ2) is 13.2. The van der Waals surface area contributed by atoms with E-state index >= 15 is 0 Å². The Bertz CT molecular complexity index is 2990. The highest BCUT2D eigenvalue weighted by molar-refractivity contribution is 7.26. The summed E-state index contributed by atoms with van der Waals surface area (Å²) in [5, 5.41) is 3.72. The molecule has 11 aromatic rings. The first-order valence-corrected chi connectivity index (χ1v) is 19.4. The third-order valence-electron chi connectivity index (χ3n) is 10.4. The van der Waals surface area contributed by atoms with Crippen LogP contribution in [-0.4, -0.2) is 9.97 Å². The first kappa shape index (κ1) is 32.2. The van der Waals surface area contributed by atoms with E-state index in [1.807, 2.05) is 53.8 Å². The number of furan rings is 1. The molecule has 0 spiro atoms. The molecule has 0 saturated carbocycles. The molecule has 0 amide bonds. The van der Waals surface area contributed by atoms with E-state index in [2.05, 4.69) is 154 Å². The number of hydrogen-bond donors (Lipinski definition) is 0. The third kappa shape index (κ3) is 5.63. The highest BCUT2D eigenvalue weighted by Crippen LogP contribution is 2.41. The Kier molecular flexibility index (Phi) is 7.60. The molecule has 0 atom stereocenters. The maximum Gasteiger partial charge on any atom is 0.247 e. The van der Waals surface area contributed by atoms with Gasteiger partial charge >= 0.3 is 0 Å². The molecule has 0 N–H and O–H groups in total. The van der Waals surface area contributed by atoms with Crippen molar-refractivity contribution < 1.29 is 8.83 Å². The number of benzene rings is 7. The summed E-state index contributed by atoms with van der Waals surface area (Å²) in [5.74, 6) is 1.39. The van der Waals surface area contributed by atoms with E-state index in [9.17, 15) is 0 Å². The molecule has 0 unspecified atom stereocenters. The average Bonchev–Trinajstić information content (AvgIpc) is 4.00. The van der Waals surface area contributed by atoms with Crippen LogP contribution < -0.4 is 4.90 Å². The topological polar surface area (TPSA) is 55.3 Å². The molecule has 0 bridgehead atoms. The highest BCUT2D eigenvalue weighted by Gasteiger charge is 2.17. The zero-order valence-corrected chi connectivity index (χ0v) is 30.8. The number of nitrogens with zero attached hydrogens (tertiary/aromatic N) is 3. The Morgan fingerprint density at radius 3 is 1.84 bits per heavy atom. The second-order valence-corrected chi connectivity index (χ2v) is 14.9. The largest absolute Gasteiger partial charge is 0.456 e. The van der Waals surface area contributed by atoms with Crippen LogP contribution in [0, 0.1) is 0 Å². The van der Waals surface area contributed by atoms with Crippen molar-refractivity contribution in [2.24, 2.45) is 0 Å². The van der Waals surface area contributed by atoms with Gasteiger partial charge in [-0.2, -0.15) is 0 Å². The Labute approximate surface area is 326 Å². The molecule has 264 valence electrons. The molecule has 4 heterocycles. The summed E-state index contributed by atoms with van der Waals surface area (Å²) in [6, 6.07) is 63.8. The van der Waals surface area contributed by atoms with Crippen LogP contribution in [0.1, 0.15) is 0 Å². The molecule has 4 aromatic heterocycles. The molecule has 7 aromatic carbocycles. The van der Waals surface area contributed by atoms with Crippen molar-refractivity contribution >= 4 is 70.8 Å². The van der Waals surface area contributed by atoms with E-state index in [-0.39, 0.29) is 0 Å². The Balaban J connectivity index is 0.926. The van der Waals surface area contributed by atoms with E-state index in [1.54, 1.807) is 6.20 Å². The van der Waals surface area contributed by atoms with Gasteiger partial charge in [-0.05, 0) is 113 Å². The van der Waals surface area contributed by atoms with Crippen molar-refractivity contribution in [2.75, 3.05) is 4.90 Å². The fourth-order valence-electron chi connectivity index (χ4n) is 7.61. The molecule has 0 fully saturated rings. The maximum atomic E-state index is 6.19. The normalized spacial score (nSPS) is 11.6. The van der Waals surface area contributed by atoms with Crippen LogP contribution in [0.15, 0.2) is 197 Å². The van der Waals surface area contributed by atoms with Crippen LogP contribution in [0.5, 0.6) is 0 Å². The number of rotatable bonds is 7. The SMILES string of the molecule is c1ccc2oc(-c3ccc(N(c4ccc(-c5ccc(-c6cccc7c6sc6ccccc67)cc5)cc4)c4ccc(-c5nc6cccnc6o5)cc4)cc3)cc2c1. The number of para-hydroxylation sites is 1. The molecule has 0 aliphatic carbocycles. The summed E-state index contributed by atoms with van der Waals surface area (Å²) in [6.07, 6.45) is 1.71.